The Hall–Kier alpha value is -3.52. The average molecular weight is 644 g/mol. The number of ether oxygens (including phenoxy) is 1. The van der Waals surface area contributed by atoms with Crippen LogP contribution in [0.1, 0.15) is 74.1 Å². The fourth-order valence-corrected chi connectivity index (χ4v) is 8.17. The van der Waals surface area contributed by atoms with Crippen molar-refractivity contribution >= 4 is 39.0 Å². The Balaban J connectivity index is 1.63. The lowest BCUT2D eigenvalue weighted by molar-refractivity contribution is -0.140. The van der Waals surface area contributed by atoms with Crippen LogP contribution in [0.15, 0.2) is 105 Å². The second-order valence-corrected chi connectivity index (χ2v) is 13.2. The number of carbonyl (C=O) groups excluding carboxylic acids is 1. The highest BCUT2D eigenvalue weighted by Gasteiger charge is 2.42. The number of esters is 1. The topological polar surface area (TPSA) is 95.6 Å². The predicted octanol–water partition coefficient (Wildman–Crippen LogP) is 7.99. The van der Waals surface area contributed by atoms with Crippen molar-refractivity contribution in [2.75, 3.05) is 7.11 Å². The number of rotatable bonds is 5. The van der Waals surface area contributed by atoms with Crippen LogP contribution in [0.5, 0.6) is 0 Å². The van der Waals surface area contributed by atoms with E-state index in [4.69, 9.17) is 19.7 Å². The number of fused-ring (bicyclic) bond motifs is 5. The Labute approximate surface area is 262 Å². The van der Waals surface area contributed by atoms with Crippen LogP contribution in [0.3, 0.4) is 0 Å². The Morgan fingerprint density at radius 3 is 2.49 bits per heavy atom. The van der Waals surface area contributed by atoms with E-state index in [9.17, 15) is 9.90 Å². The quantitative estimate of drug-likeness (QED) is 0.297. The highest BCUT2D eigenvalue weighted by Crippen LogP contribution is 2.48. The van der Waals surface area contributed by atoms with Gasteiger partial charge in [0, 0.05) is 47.2 Å². The monoisotopic (exact) mass is 642 g/mol. The first kappa shape index (κ1) is 29.5. The molecule has 5 heterocycles. The normalized spacial score (nSPS) is 24.8. The minimum atomic E-state index is -0.231. The molecule has 8 heteroatoms. The second-order valence-electron chi connectivity index (χ2n) is 12.4. The maximum absolute atomic E-state index is 12.3. The highest BCUT2D eigenvalue weighted by molar-refractivity contribution is 9.12. The molecule has 2 N–H and O–H groups in total. The molecule has 43 heavy (non-hydrogen) atoms. The van der Waals surface area contributed by atoms with Crippen LogP contribution < -0.4 is 5.32 Å². The molecule has 7 nitrogen and oxygen atoms in total. The molecule has 0 amide bonds. The van der Waals surface area contributed by atoms with E-state index in [1.54, 1.807) is 0 Å². The van der Waals surface area contributed by atoms with Gasteiger partial charge in [0.2, 0.25) is 0 Å². The second kappa shape index (κ2) is 10.9. The van der Waals surface area contributed by atoms with Crippen LogP contribution in [-0.2, 0) is 9.53 Å². The fourth-order valence-electron chi connectivity index (χ4n) is 7.32. The molecule has 0 unspecified atom stereocenters. The van der Waals surface area contributed by atoms with Gasteiger partial charge in [-0.3, -0.25) is 4.79 Å². The van der Waals surface area contributed by atoms with Gasteiger partial charge in [-0.1, -0.05) is 27.7 Å². The van der Waals surface area contributed by atoms with Crippen LogP contribution >= 0.6 is 15.9 Å². The third-order valence-corrected chi connectivity index (χ3v) is 10.4. The van der Waals surface area contributed by atoms with Crippen molar-refractivity contribution in [1.82, 2.24) is 5.32 Å². The van der Waals surface area contributed by atoms with Gasteiger partial charge >= 0.3 is 5.97 Å². The van der Waals surface area contributed by atoms with Crippen LogP contribution in [-0.4, -0.2) is 35.3 Å². The molecule has 224 valence electrons. The maximum atomic E-state index is 12.3. The molecule has 6 aliphatic rings. The van der Waals surface area contributed by atoms with E-state index in [2.05, 4.69) is 74.9 Å². The molecule has 0 aromatic rings. The summed E-state index contributed by atoms with van der Waals surface area (Å²) < 4.78 is 5.92. The molecule has 0 saturated carbocycles. The standard InChI is InChI=1S/C35H39BrN4O3/c1-9-20-16(4)23-14-26-29(15(2)3)19(7)33(39-26)31(36)32-17(5)21(10-11-28(42)43-8)34(40-32)22-12-27(41)30-18(6)24(38-35(22)30)13-25(20)37-23/h13-15,17,21,40-41H,9-12H2,1-8H3/t17-,21-/m0/s1. The highest BCUT2D eigenvalue weighted by atomic mass is 79.9. The zero-order valence-corrected chi connectivity index (χ0v) is 27.8. The SMILES string of the molecule is CCC1=C(C)C2=NC1=CC1=C(C)C3=C(O)CC(=C4NC(=C(Br)C5=NC(=C2)C(C(C)C)=C5C)[C@@H](C)[C@@H]4CCC(=O)OC)C3=N1. The maximum Gasteiger partial charge on any atom is 0.305 e. The third kappa shape index (κ3) is 4.60. The van der Waals surface area contributed by atoms with E-state index in [0.717, 1.165) is 84.4 Å². The summed E-state index contributed by atoms with van der Waals surface area (Å²) in [5.41, 5.74) is 14.8. The molecule has 1 aliphatic carbocycles. The number of hydrogen-bond donors (Lipinski definition) is 2. The number of nitrogens with one attached hydrogen (secondary N) is 1. The molecule has 0 spiro atoms. The van der Waals surface area contributed by atoms with Gasteiger partial charge in [-0.05, 0) is 95.5 Å². The Bertz CT molecular complexity index is 1730. The van der Waals surface area contributed by atoms with Crippen molar-refractivity contribution in [3.05, 3.63) is 89.9 Å². The van der Waals surface area contributed by atoms with Crippen molar-refractivity contribution in [1.29, 1.82) is 0 Å². The van der Waals surface area contributed by atoms with E-state index in [-0.39, 0.29) is 23.7 Å². The number of aliphatic imine (C=N–C) groups is 3. The van der Waals surface area contributed by atoms with Gasteiger partial charge in [0.25, 0.3) is 0 Å². The number of hydrogen-bond acceptors (Lipinski definition) is 7. The summed E-state index contributed by atoms with van der Waals surface area (Å²) in [4.78, 5) is 27.7. The molecule has 0 aromatic carbocycles. The molecule has 8 bridgehead atoms. The number of aliphatic hydroxyl groups is 1. The molecule has 0 radical (unpaired) electrons. The summed E-state index contributed by atoms with van der Waals surface area (Å²) in [7, 11) is 1.43. The number of allylic oxidation sites excluding steroid dienone is 12. The number of nitrogens with zero attached hydrogens (tertiary/aromatic N) is 3. The van der Waals surface area contributed by atoms with Crippen LogP contribution in [0.25, 0.3) is 0 Å². The summed E-state index contributed by atoms with van der Waals surface area (Å²) in [5.74, 6) is 0.443. The van der Waals surface area contributed by atoms with Gasteiger partial charge in [0.1, 0.15) is 5.76 Å². The molecule has 2 atom stereocenters. The zero-order chi connectivity index (χ0) is 30.9. The van der Waals surface area contributed by atoms with Gasteiger partial charge in [-0.25, -0.2) is 15.0 Å². The molecule has 0 aromatic heterocycles. The zero-order valence-electron chi connectivity index (χ0n) is 26.2. The fraction of sp³-hybridized carbons (Fsp3) is 0.429. The molecular formula is C35H39BrN4O3. The summed E-state index contributed by atoms with van der Waals surface area (Å²) >= 11 is 3.98. The minimum absolute atomic E-state index is 0.00890. The first-order chi connectivity index (χ1) is 20.5. The first-order valence-electron chi connectivity index (χ1n) is 15.2. The summed E-state index contributed by atoms with van der Waals surface area (Å²) in [6.45, 7) is 15.1. The summed E-state index contributed by atoms with van der Waals surface area (Å²) in [6, 6.07) is 0. The Morgan fingerprint density at radius 2 is 1.81 bits per heavy atom. The lowest BCUT2D eigenvalue weighted by Crippen LogP contribution is -2.16. The number of methoxy groups -OCH3 is 1. The lowest BCUT2D eigenvalue weighted by Gasteiger charge is -2.17. The first-order valence-corrected chi connectivity index (χ1v) is 16.0. The van der Waals surface area contributed by atoms with E-state index in [1.165, 1.54) is 18.3 Å². The molecule has 1 fully saturated rings. The third-order valence-electron chi connectivity index (χ3n) is 9.63. The van der Waals surface area contributed by atoms with E-state index < -0.39 is 0 Å². The summed E-state index contributed by atoms with van der Waals surface area (Å²) in [6.07, 6.45) is 6.36. The Kier molecular flexibility index (Phi) is 7.48. The molecular weight excluding hydrogens is 604 g/mol. The van der Waals surface area contributed by atoms with Crippen molar-refractivity contribution in [2.45, 2.75) is 74.1 Å². The van der Waals surface area contributed by atoms with Crippen molar-refractivity contribution in [3.63, 3.8) is 0 Å². The van der Waals surface area contributed by atoms with Crippen LogP contribution in [0.2, 0.25) is 0 Å². The lowest BCUT2D eigenvalue weighted by atomic mass is 9.86. The van der Waals surface area contributed by atoms with Gasteiger partial charge in [-0.2, -0.15) is 0 Å². The number of carbonyl (C=O) groups is 1. The van der Waals surface area contributed by atoms with Gasteiger partial charge < -0.3 is 15.2 Å². The smallest absolute Gasteiger partial charge is 0.305 e. The minimum Gasteiger partial charge on any atom is -0.511 e. The largest absolute Gasteiger partial charge is 0.511 e. The van der Waals surface area contributed by atoms with Crippen molar-refractivity contribution in [2.24, 2.45) is 32.7 Å². The van der Waals surface area contributed by atoms with E-state index in [0.29, 0.717) is 25.0 Å². The number of aliphatic hydroxyl groups excluding tert-OH is 1. The van der Waals surface area contributed by atoms with Crippen molar-refractivity contribution in [3.8, 4) is 0 Å². The molecule has 1 saturated heterocycles. The van der Waals surface area contributed by atoms with Crippen molar-refractivity contribution < 1.29 is 14.6 Å². The molecule has 5 aliphatic heterocycles. The number of halogens is 1. The van der Waals surface area contributed by atoms with E-state index >= 15 is 0 Å². The summed E-state index contributed by atoms with van der Waals surface area (Å²) in [5, 5.41) is 15.0. The van der Waals surface area contributed by atoms with E-state index in [1.807, 2.05) is 6.92 Å². The van der Waals surface area contributed by atoms with Gasteiger partial charge in [0.15, 0.2) is 0 Å². The van der Waals surface area contributed by atoms with Crippen LogP contribution in [0.4, 0.5) is 0 Å². The van der Waals surface area contributed by atoms with Crippen LogP contribution in [0, 0.1) is 17.8 Å². The average Bonchev–Trinajstić information content (AvgIpc) is 3.72. The molecule has 6 rings (SSSR count). The predicted molar refractivity (Wildman–Crippen MR) is 176 cm³/mol. The Morgan fingerprint density at radius 1 is 1.07 bits per heavy atom. The van der Waals surface area contributed by atoms with Gasteiger partial charge in [0.05, 0.1) is 45.8 Å². The van der Waals surface area contributed by atoms with Gasteiger partial charge in [-0.15, -0.1) is 0 Å².